The summed E-state index contributed by atoms with van der Waals surface area (Å²) in [6.45, 7) is 5.98. The van der Waals surface area contributed by atoms with Crippen molar-refractivity contribution >= 4 is 46.6 Å². The van der Waals surface area contributed by atoms with Crippen LogP contribution in [-0.4, -0.2) is 41.8 Å². The Balaban J connectivity index is 1.87. The number of carbonyl (C=O) groups excluding carboxylic acids is 3. The molecule has 7 nitrogen and oxygen atoms in total. The quantitative estimate of drug-likeness (QED) is 0.371. The molecule has 0 unspecified atom stereocenters. The minimum atomic E-state index is -1.02. The number of hydrogen-bond donors (Lipinski definition) is 0. The zero-order valence-corrected chi connectivity index (χ0v) is 20.3. The fourth-order valence-electron chi connectivity index (χ4n) is 3.27. The highest BCUT2D eigenvalue weighted by Crippen LogP contribution is 2.40. The largest absolute Gasteiger partial charge is 0.490 e. The number of esters is 1. The van der Waals surface area contributed by atoms with Gasteiger partial charge in [0.2, 0.25) is 0 Å². The highest BCUT2D eigenvalue weighted by Gasteiger charge is 2.41. The molecule has 0 spiro atoms. The number of methoxy groups -OCH3 is 1. The van der Waals surface area contributed by atoms with E-state index in [0.717, 1.165) is 27.8 Å². The zero-order chi connectivity index (χ0) is 24.1. The van der Waals surface area contributed by atoms with Gasteiger partial charge in [-0.3, -0.25) is 14.5 Å². The van der Waals surface area contributed by atoms with Gasteiger partial charge in [-0.1, -0.05) is 41.4 Å². The Labute approximate surface area is 201 Å². The Morgan fingerprint density at radius 3 is 2.64 bits per heavy atom. The predicted octanol–water partition coefficient (Wildman–Crippen LogP) is 5.22. The van der Waals surface area contributed by atoms with E-state index in [-0.39, 0.29) is 4.91 Å². The highest BCUT2D eigenvalue weighted by molar-refractivity contribution is 8.18. The van der Waals surface area contributed by atoms with E-state index in [2.05, 4.69) is 4.74 Å². The fourth-order valence-corrected chi connectivity index (χ4v) is 4.45. The summed E-state index contributed by atoms with van der Waals surface area (Å²) in [6, 6.07) is 10.2. The van der Waals surface area contributed by atoms with Crippen LogP contribution in [0.2, 0.25) is 5.02 Å². The molecule has 1 heterocycles. The van der Waals surface area contributed by atoms with Gasteiger partial charge in [0.1, 0.15) is 12.6 Å². The number of ether oxygens (including phenoxy) is 3. The first-order valence-corrected chi connectivity index (χ1v) is 11.4. The van der Waals surface area contributed by atoms with E-state index in [1.807, 2.05) is 38.1 Å². The number of hydrogen-bond acceptors (Lipinski definition) is 7. The molecule has 0 aliphatic carbocycles. The third kappa shape index (κ3) is 5.69. The molecule has 2 aromatic carbocycles. The molecular formula is C24H24ClNO6S. The maximum atomic E-state index is 12.8. The van der Waals surface area contributed by atoms with Gasteiger partial charge >= 0.3 is 5.97 Å². The molecule has 1 aliphatic rings. The van der Waals surface area contributed by atoms with Crippen molar-refractivity contribution in [2.75, 3.05) is 13.7 Å². The van der Waals surface area contributed by atoms with E-state index in [0.29, 0.717) is 35.3 Å². The maximum absolute atomic E-state index is 12.8. The average molecular weight is 490 g/mol. The molecule has 9 heteroatoms. The molecule has 174 valence electrons. The Bertz CT molecular complexity index is 1120. The third-order valence-corrected chi connectivity index (χ3v) is 6.01. The molecule has 0 saturated carbocycles. The van der Waals surface area contributed by atoms with E-state index in [4.69, 9.17) is 21.1 Å². The molecule has 33 heavy (non-hydrogen) atoms. The van der Waals surface area contributed by atoms with Crippen molar-refractivity contribution in [3.05, 3.63) is 63.0 Å². The van der Waals surface area contributed by atoms with Crippen LogP contribution < -0.4 is 9.47 Å². The first-order chi connectivity index (χ1) is 15.7. The van der Waals surface area contributed by atoms with Gasteiger partial charge in [0, 0.05) is 0 Å². The highest BCUT2D eigenvalue weighted by atomic mass is 35.5. The summed E-state index contributed by atoms with van der Waals surface area (Å²) in [7, 11) is 1.20. The molecule has 2 amide bonds. The molecule has 0 radical (unpaired) electrons. The van der Waals surface area contributed by atoms with Crippen LogP contribution in [0.1, 0.15) is 30.5 Å². The van der Waals surface area contributed by atoms with Gasteiger partial charge in [-0.2, -0.15) is 0 Å². The molecule has 3 rings (SSSR count). The van der Waals surface area contributed by atoms with Crippen molar-refractivity contribution in [3.63, 3.8) is 0 Å². The van der Waals surface area contributed by atoms with Crippen LogP contribution in [-0.2, 0) is 20.9 Å². The van der Waals surface area contributed by atoms with Gasteiger partial charge in [-0.25, -0.2) is 4.79 Å². The van der Waals surface area contributed by atoms with Gasteiger partial charge in [0.15, 0.2) is 11.5 Å². The Hall–Kier alpha value is -2.97. The van der Waals surface area contributed by atoms with Crippen molar-refractivity contribution in [1.29, 1.82) is 0 Å². The number of aryl methyl sites for hydroxylation is 1. The molecule has 1 aliphatic heterocycles. The molecule has 0 N–H and O–H groups in total. The van der Waals surface area contributed by atoms with Crippen LogP contribution in [0.15, 0.2) is 41.3 Å². The van der Waals surface area contributed by atoms with Crippen molar-refractivity contribution in [2.45, 2.75) is 33.4 Å². The topological polar surface area (TPSA) is 82.1 Å². The Morgan fingerprint density at radius 1 is 1.21 bits per heavy atom. The Morgan fingerprint density at radius 2 is 1.97 bits per heavy atom. The normalized spacial score (nSPS) is 15.7. The lowest BCUT2D eigenvalue weighted by Gasteiger charge is -2.18. The van der Waals surface area contributed by atoms with Gasteiger partial charge in [-0.05, 0) is 61.9 Å². The standard InChI is InChI=1S/C24H24ClNO6S/c1-5-31-19-11-17(10-18(25)21(19)32-13-16-8-6-7-14(2)9-16)12-20-22(27)26(24(29)33-20)15(3)23(28)30-4/h6-12,15H,5,13H2,1-4H3/b20-12+/t15-/m1/s1. The number of thioether (sulfide) groups is 1. The summed E-state index contributed by atoms with van der Waals surface area (Å²) in [5.74, 6) is -0.428. The summed E-state index contributed by atoms with van der Waals surface area (Å²) in [4.78, 5) is 37.9. The zero-order valence-electron chi connectivity index (χ0n) is 18.7. The molecule has 1 saturated heterocycles. The summed E-state index contributed by atoms with van der Waals surface area (Å²) in [5.41, 5.74) is 2.67. The van der Waals surface area contributed by atoms with Gasteiger partial charge in [0.05, 0.1) is 23.6 Å². The second-order valence-corrected chi connectivity index (χ2v) is 8.69. The van der Waals surface area contributed by atoms with Crippen LogP contribution >= 0.6 is 23.4 Å². The molecule has 0 bridgehead atoms. The second kappa shape index (κ2) is 10.8. The first kappa shape index (κ1) is 24.7. The average Bonchev–Trinajstić information content (AvgIpc) is 3.05. The minimum absolute atomic E-state index is 0.169. The summed E-state index contributed by atoms with van der Waals surface area (Å²) >= 11 is 7.24. The van der Waals surface area contributed by atoms with Gasteiger partial charge in [-0.15, -0.1) is 0 Å². The van der Waals surface area contributed by atoms with Crippen LogP contribution in [0.5, 0.6) is 11.5 Å². The number of imide groups is 1. The number of rotatable bonds is 8. The van der Waals surface area contributed by atoms with Crippen molar-refractivity contribution < 1.29 is 28.6 Å². The lowest BCUT2D eigenvalue weighted by molar-refractivity contribution is -0.148. The van der Waals surface area contributed by atoms with Crippen molar-refractivity contribution in [3.8, 4) is 11.5 Å². The lowest BCUT2D eigenvalue weighted by Crippen LogP contribution is -2.42. The molecular weight excluding hydrogens is 466 g/mol. The fraction of sp³-hybridized carbons (Fsp3) is 0.292. The van der Waals surface area contributed by atoms with E-state index < -0.39 is 23.2 Å². The van der Waals surface area contributed by atoms with E-state index in [1.165, 1.54) is 20.1 Å². The molecule has 1 fully saturated rings. The van der Waals surface area contributed by atoms with Crippen LogP contribution in [0.3, 0.4) is 0 Å². The van der Waals surface area contributed by atoms with Gasteiger partial charge < -0.3 is 14.2 Å². The summed E-state index contributed by atoms with van der Waals surface area (Å²) < 4.78 is 16.3. The number of nitrogens with zero attached hydrogens (tertiary/aromatic N) is 1. The minimum Gasteiger partial charge on any atom is -0.490 e. The third-order valence-electron chi connectivity index (χ3n) is 4.85. The van der Waals surface area contributed by atoms with Gasteiger partial charge in [0.25, 0.3) is 11.1 Å². The maximum Gasteiger partial charge on any atom is 0.328 e. The first-order valence-electron chi connectivity index (χ1n) is 10.2. The van der Waals surface area contributed by atoms with Crippen molar-refractivity contribution in [2.24, 2.45) is 0 Å². The Kier molecular flexibility index (Phi) is 8.05. The van der Waals surface area contributed by atoms with Crippen molar-refractivity contribution in [1.82, 2.24) is 4.90 Å². The predicted molar refractivity (Wildman–Crippen MR) is 127 cm³/mol. The van der Waals surface area contributed by atoms with E-state index >= 15 is 0 Å². The van der Waals surface area contributed by atoms with Crippen LogP contribution in [0.4, 0.5) is 4.79 Å². The van der Waals surface area contributed by atoms with Crippen LogP contribution in [0, 0.1) is 6.92 Å². The summed E-state index contributed by atoms with van der Waals surface area (Å²) in [6.07, 6.45) is 1.54. The SMILES string of the molecule is CCOc1cc(/C=C2/SC(=O)N([C@H](C)C(=O)OC)C2=O)cc(Cl)c1OCc1cccc(C)c1. The lowest BCUT2D eigenvalue weighted by atomic mass is 10.1. The molecule has 1 atom stereocenters. The molecule has 0 aromatic heterocycles. The van der Waals surface area contributed by atoms with Crippen LogP contribution in [0.25, 0.3) is 6.08 Å². The smallest absolute Gasteiger partial charge is 0.328 e. The number of carbonyl (C=O) groups is 3. The number of amides is 2. The monoisotopic (exact) mass is 489 g/mol. The summed E-state index contributed by atoms with van der Waals surface area (Å²) in [5, 5.41) is -0.236. The van der Waals surface area contributed by atoms with E-state index in [1.54, 1.807) is 12.1 Å². The number of benzene rings is 2. The molecule has 2 aromatic rings. The second-order valence-electron chi connectivity index (χ2n) is 7.29. The van der Waals surface area contributed by atoms with E-state index in [9.17, 15) is 14.4 Å². The number of halogens is 1.